The highest BCUT2D eigenvalue weighted by atomic mass is 32.1. The van der Waals surface area contributed by atoms with E-state index in [4.69, 9.17) is 19.3 Å². The number of fused-ring (bicyclic) bond motifs is 2. The summed E-state index contributed by atoms with van der Waals surface area (Å²) in [4.78, 5) is 14.3. The Labute approximate surface area is 274 Å². The number of ether oxygens (including phenoxy) is 2. The monoisotopic (exact) mass is 640 g/mol. The van der Waals surface area contributed by atoms with Crippen LogP contribution in [0.5, 0.6) is 5.75 Å². The normalized spacial score (nSPS) is 11.7. The maximum absolute atomic E-state index is 14.4. The first-order valence-corrected chi connectivity index (χ1v) is 16.2. The fourth-order valence-electron chi connectivity index (χ4n) is 5.16. The van der Waals surface area contributed by atoms with Crippen LogP contribution >= 0.6 is 11.3 Å². The number of pyridine rings is 1. The van der Waals surface area contributed by atoms with Gasteiger partial charge < -0.3 is 25.4 Å². The SMILES string of the molecule is C=CC=O.CC.CNc1cccc(Nc2nc(-c3ccc4c(c3)CCNC4)c3ccsc3c2-c2ccc(F)cc2OCCOC)c1. The molecule has 0 bridgehead atoms. The number of aromatic nitrogens is 1. The lowest BCUT2D eigenvalue weighted by molar-refractivity contribution is -0.104. The topological polar surface area (TPSA) is 84.5 Å². The second-order valence-electron chi connectivity index (χ2n) is 10.1. The number of carbonyl (C=O) groups excluding carboxylic acids is 1. The van der Waals surface area contributed by atoms with Crippen LogP contribution in [0.15, 0.2) is 84.8 Å². The predicted molar refractivity (Wildman–Crippen MR) is 190 cm³/mol. The molecule has 3 heterocycles. The number of hydrogen-bond acceptors (Lipinski definition) is 8. The lowest BCUT2D eigenvalue weighted by Crippen LogP contribution is -2.23. The molecule has 0 aliphatic carbocycles. The van der Waals surface area contributed by atoms with Gasteiger partial charge >= 0.3 is 0 Å². The maximum atomic E-state index is 14.4. The number of anilines is 3. The van der Waals surface area contributed by atoms with E-state index in [1.54, 1.807) is 24.5 Å². The van der Waals surface area contributed by atoms with Crippen molar-refractivity contribution in [3.05, 3.63) is 102 Å². The summed E-state index contributed by atoms with van der Waals surface area (Å²) in [6.45, 7) is 9.68. The van der Waals surface area contributed by atoms with Gasteiger partial charge in [0.2, 0.25) is 0 Å². The van der Waals surface area contributed by atoms with Gasteiger partial charge in [-0.25, -0.2) is 9.37 Å². The number of halogens is 1. The van der Waals surface area contributed by atoms with E-state index in [9.17, 15) is 4.39 Å². The van der Waals surface area contributed by atoms with E-state index in [-0.39, 0.29) is 5.82 Å². The van der Waals surface area contributed by atoms with Gasteiger partial charge in [0.05, 0.1) is 12.3 Å². The van der Waals surface area contributed by atoms with E-state index in [2.05, 4.69) is 52.2 Å². The van der Waals surface area contributed by atoms with Crippen molar-refractivity contribution in [1.82, 2.24) is 10.3 Å². The molecule has 0 saturated carbocycles. The average molecular weight is 641 g/mol. The van der Waals surface area contributed by atoms with E-state index < -0.39 is 0 Å². The molecule has 240 valence electrons. The molecule has 1 aliphatic heterocycles. The number of benzene rings is 3. The van der Waals surface area contributed by atoms with Gasteiger partial charge in [0, 0.05) is 64.9 Å². The molecule has 3 N–H and O–H groups in total. The van der Waals surface area contributed by atoms with Crippen molar-refractivity contribution in [3.8, 4) is 28.1 Å². The van der Waals surface area contributed by atoms with Crippen LogP contribution in [0.4, 0.5) is 21.6 Å². The summed E-state index contributed by atoms with van der Waals surface area (Å²) < 4.78 is 26.7. The number of nitrogens with one attached hydrogen (secondary N) is 3. The minimum atomic E-state index is -0.358. The van der Waals surface area contributed by atoms with Crippen molar-refractivity contribution in [2.75, 3.05) is 44.5 Å². The Bertz CT molecular complexity index is 1770. The zero-order chi connectivity index (χ0) is 32.9. The van der Waals surface area contributed by atoms with Gasteiger partial charge in [0.1, 0.15) is 30.3 Å². The summed E-state index contributed by atoms with van der Waals surface area (Å²) >= 11 is 1.64. The van der Waals surface area contributed by atoms with Crippen LogP contribution in [0.25, 0.3) is 32.5 Å². The van der Waals surface area contributed by atoms with Gasteiger partial charge in [-0.2, -0.15) is 0 Å². The fourth-order valence-corrected chi connectivity index (χ4v) is 6.11. The van der Waals surface area contributed by atoms with Crippen molar-refractivity contribution >= 4 is 44.9 Å². The fraction of sp³-hybridized carbons (Fsp3) is 0.243. The third-order valence-corrected chi connectivity index (χ3v) is 8.17. The van der Waals surface area contributed by atoms with Gasteiger partial charge in [0.15, 0.2) is 0 Å². The number of methoxy groups -OCH3 is 1. The average Bonchev–Trinajstić information content (AvgIpc) is 3.59. The highest BCUT2D eigenvalue weighted by molar-refractivity contribution is 7.18. The third-order valence-electron chi connectivity index (χ3n) is 7.24. The Hall–Kier alpha value is -4.57. The molecule has 46 heavy (non-hydrogen) atoms. The van der Waals surface area contributed by atoms with Crippen molar-refractivity contribution in [2.24, 2.45) is 0 Å². The van der Waals surface area contributed by atoms with Crippen LogP contribution in [0.2, 0.25) is 0 Å². The van der Waals surface area contributed by atoms with Crippen LogP contribution in [0.1, 0.15) is 25.0 Å². The van der Waals surface area contributed by atoms with Gasteiger partial charge in [0.25, 0.3) is 0 Å². The van der Waals surface area contributed by atoms with Crippen LogP contribution in [0.3, 0.4) is 0 Å². The first-order chi connectivity index (χ1) is 22.6. The van der Waals surface area contributed by atoms with Gasteiger partial charge in [-0.1, -0.05) is 38.6 Å². The Balaban J connectivity index is 0.000000744. The number of allylic oxidation sites excluding steroid dienone is 1. The first kappa shape index (κ1) is 34.3. The second kappa shape index (κ2) is 17.2. The summed E-state index contributed by atoms with van der Waals surface area (Å²) in [7, 11) is 3.51. The smallest absolute Gasteiger partial charge is 0.142 e. The van der Waals surface area contributed by atoms with E-state index in [0.717, 1.165) is 63.4 Å². The quantitative estimate of drug-likeness (QED) is 0.0801. The molecule has 0 saturated heterocycles. The molecule has 0 spiro atoms. The lowest BCUT2D eigenvalue weighted by Gasteiger charge is -2.20. The molecule has 7 nitrogen and oxygen atoms in total. The van der Waals surface area contributed by atoms with Gasteiger partial charge in [-0.05, 0) is 78.0 Å². The molecule has 2 aromatic heterocycles. The minimum Gasteiger partial charge on any atom is -0.490 e. The summed E-state index contributed by atoms with van der Waals surface area (Å²) in [5.41, 5.74) is 8.20. The molecule has 3 aromatic carbocycles. The maximum Gasteiger partial charge on any atom is 0.142 e. The van der Waals surface area contributed by atoms with Crippen molar-refractivity contribution < 1.29 is 18.7 Å². The molecular weight excluding hydrogens is 599 g/mol. The van der Waals surface area contributed by atoms with E-state index in [0.29, 0.717) is 31.1 Å². The molecule has 0 unspecified atom stereocenters. The third kappa shape index (κ3) is 8.17. The number of thiophene rings is 1. The largest absolute Gasteiger partial charge is 0.490 e. The molecule has 1 aliphatic rings. The van der Waals surface area contributed by atoms with E-state index in [1.807, 2.05) is 45.2 Å². The molecule has 0 atom stereocenters. The Morgan fingerprint density at radius 1 is 1.04 bits per heavy atom. The van der Waals surface area contributed by atoms with Crippen molar-refractivity contribution in [1.29, 1.82) is 0 Å². The molecule has 6 rings (SSSR count). The molecule has 0 radical (unpaired) electrons. The molecule has 9 heteroatoms. The number of aldehydes is 1. The van der Waals surface area contributed by atoms with Crippen molar-refractivity contribution in [2.45, 2.75) is 26.8 Å². The number of nitrogens with zero attached hydrogens (tertiary/aromatic N) is 1. The molecule has 0 fully saturated rings. The standard InChI is InChI=1S/C32H31FN4O2S.C3H4O.C2H6/c1-34-24-4-3-5-25(18-24)36-32-29(26-9-8-23(33)17-28(26)39-14-13-38-2)31-27(11-15-40-31)30(37-32)21-6-7-22-19-35-12-10-20(22)16-21;1-2-3-4;1-2/h3-9,11,15-18,34-35H,10,12-14,19H2,1-2H3,(H,36,37);2-3H,1H2;1-2H3. The van der Waals surface area contributed by atoms with E-state index >= 15 is 0 Å². The second-order valence-corrected chi connectivity index (χ2v) is 11.0. The summed E-state index contributed by atoms with van der Waals surface area (Å²) in [6.07, 6.45) is 2.83. The number of carbonyl (C=O) groups is 1. The Kier molecular flexibility index (Phi) is 12.8. The minimum absolute atomic E-state index is 0.309. The number of rotatable bonds is 10. The number of hydrogen-bond donors (Lipinski definition) is 3. The highest BCUT2D eigenvalue weighted by Crippen LogP contribution is 2.46. The lowest BCUT2D eigenvalue weighted by atomic mass is 9.95. The van der Waals surface area contributed by atoms with Gasteiger partial charge in [-0.15, -0.1) is 11.3 Å². The van der Waals surface area contributed by atoms with Crippen LogP contribution < -0.4 is 20.7 Å². The van der Waals surface area contributed by atoms with Crippen molar-refractivity contribution in [3.63, 3.8) is 0 Å². The zero-order valence-corrected chi connectivity index (χ0v) is 27.6. The molecular formula is C37H41FN4O3S. The zero-order valence-electron chi connectivity index (χ0n) is 26.8. The Morgan fingerprint density at radius 2 is 1.85 bits per heavy atom. The highest BCUT2D eigenvalue weighted by Gasteiger charge is 2.22. The Morgan fingerprint density at radius 3 is 2.61 bits per heavy atom. The summed E-state index contributed by atoms with van der Waals surface area (Å²) in [5.74, 6) is 0.776. The summed E-state index contributed by atoms with van der Waals surface area (Å²) in [5, 5.41) is 13.4. The molecule has 0 amide bonds. The van der Waals surface area contributed by atoms with Crippen LogP contribution in [-0.4, -0.2) is 45.2 Å². The van der Waals surface area contributed by atoms with Gasteiger partial charge in [-0.3, -0.25) is 4.79 Å². The van der Waals surface area contributed by atoms with E-state index in [1.165, 1.54) is 29.3 Å². The summed E-state index contributed by atoms with van der Waals surface area (Å²) in [6, 6.07) is 21.5. The van der Waals surface area contributed by atoms with Crippen LogP contribution in [-0.2, 0) is 22.5 Å². The van der Waals surface area contributed by atoms with Crippen LogP contribution in [0, 0.1) is 5.82 Å². The molecule has 5 aromatic rings. The first-order valence-electron chi connectivity index (χ1n) is 15.3. The predicted octanol–water partition coefficient (Wildman–Crippen LogP) is 8.62.